The average Bonchev–Trinajstić information content (AvgIpc) is 2.85. The molecule has 0 bridgehead atoms. The molecule has 196 valence electrons. The third-order valence-corrected chi connectivity index (χ3v) is 8.70. The van der Waals surface area contributed by atoms with Gasteiger partial charge in [0.2, 0.25) is 0 Å². The number of halogens is 3. The van der Waals surface area contributed by atoms with Gasteiger partial charge in [-0.2, -0.15) is 0 Å². The number of alkyl halides is 3. The Hall–Kier alpha value is -2.74. The molecule has 36 heavy (non-hydrogen) atoms. The Balaban J connectivity index is 1.75. The van der Waals surface area contributed by atoms with Gasteiger partial charge in [-0.15, -0.1) is 24.9 Å². The van der Waals surface area contributed by atoms with Crippen molar-refractivity contribution in [1.82, 2.24) is 10.4 Å². The van der Waals surface area contributed by atoms with Crippen LogP contribution in [0.2, 0.25) is 0 Å². The molecule has 1 heterocycles. The summed E-state index contributed by atoms with van der Waals surface area (Å²) in [5.74, 6) is -0.952. The Morgan fingerprint density at radius 1 is 1.08 bits per heavy atom. The van der Waals surface area contributed by atoms with Gasteiger partial charge in [0.05, 0.1) is 4.90 Å². The number of hydrogen-bond acceptors (Lipinski definition) is 8. The van der Waals surface area contributed by atoms with Crippen LogP contribution in [0, 0.1) is 0 Å². The van der Waals surface area contributed by atoms with Gasteiger partial charge in [-0.25, -0.2) is 13.9 Å². The highest BCUT2D eigenvalue weighted by Gasteiger charge is 2.52. The highest BCUT2D eigenvalue weighted by molar-refractivity contribution is 8.01. The second kappa shape index (κ2) is 11.5. The number of ether oxygens (including phenoxy) is 2. The smallest absolute Gasteiger partial charge is 0.457 e. The molecule has 3 rings (SSSR count). The molecule has 0 unspecified atom stereocenters. The summed E-state index contributed by atoms with van der Waals surface area (Å²) < 4.78 is 71.5. The van der Waals surface area contributed by atoms with E-state index < -0.39 is 32.6 Å². The molecule has 1 aliphatic heterocycles. The van der Waals surface area contributed by atoms with Crippen molar-refractivity contribution in [3.63, 3.8) is 0 Å². The Kier molecular flexibility index (Phi) is 8.93. The number of piperidine rings is 1. The first-order valence-corrected chi connectivity index (χ1v) is 13.5. The number of sulfone groups is 1. The number of carbonyl (C=O) groups is 1. The van der Waals surface area contributed by atoms with Gasteiger partial charge in [0.15, 0.2) is 14.6 Å². The Bertz CT molecular complexity index is 1160. The van der Waals surface area contributed by atoms with Crippen LogP contribution in [0.15, 0.2) is 64.9 Å². The van der Waals surface area contributed by atoms with Gasteiger partial charge in [0.25, 0.3) is 5.91 Å². The fourth-order valence-electron chi connectivity index (χ4n) is 3.86. The number of rotatable bonds is 9. The molecule has 0 radical (unpaired) electrons. The summed E-state index contributed by atoms with van der Waals surface area (Å²) >= 11 is 1.55. The first-order chi connectivity index (χ1) is 17.0. The molecule has 1 fully saturated rings. The zero-order chi connectivity index (χ0) is 26.4. The van der Waals surface area contributed by atoms with Crippen LogP contribution in [0.3, 0.4) is 0 Å². The first-order valence-electron chi connectivity index (χ1n) is 10.7. The number of nitrogens with zero attached hydrogens (tertiary/aromatic N) is 1. The normalized spacial score (nSPS) is 16.6. The highest BCUT2D eigenvalue weighted by atomic mass is 32.2. The second-order valence-corrected chi connectivity index (χ2v) is 10.9. The summed E-state index contributed by atoms with van der Waals surface area (Å²) in [6, 6.07) is 10.0. The fourth-order valence-corrected chi connectivity index (χ4v) is 6.10. The van der Waals surface area contributed by atoms with Gasteiger partial charge in [0.1, 0.15) is 17.2 Å². The Morgan fingerprint density at radius 2 is 1.61 bits per heavy atom. The highest BCUT2D eigenvalue weighted by Crippen LogP contribution is 2.37. The summed E-state index contributed by atoms with van der Waals surface area (Å²) in [5, 5.41) is 11.2. The van der Waals surface area contributed by atoms with E-state index in [1.54, 1.807) is 11.8 Å². The van der Waals surface area contributed by atoms with Crippen LogP contribution in [0.25, 0.3) is 0 Å². The molecule has 1 aliphatic rings. The van der Waals surface area contributed by atoms with Crippen LogP contribution in [0.4, 0.5) is 13.2 Å². The molecule has 0 atom stereocenters. The Morgan fingerprint density at radius 3 is 2.11 bits per heavy atom. The maximum atomic E-state index is 13.5. The molecular formula is C23H25F3N2O6S2. The first kappa shape index (κ1) is 27.8. The van der Waals surface area contributed by atoms with Crippen LogP contribution in [-0.2, 0) is 14.6 Å². The van der Waals surface area contributed by atoms with Crippen LogP contribution >= 0.6 is 11.8 Å². The van der Waals surface area contributed by atoms with Crippen molar-refractivity contribution in [2.45, 2.75) is 28.8 Å². The van der Waals surface area contributed by atoms with Gasteiger partial charge in [-0.1, -0.05) is 6.08 Å². The predicted molar refractivity (Wildman–Crippen MR) is 128 cm³/mol. The van der Waals surface area contributed by atoms with Gasteiger partial charge >= 0.3 is 6.36 Å². The fraction of sp³-hybridized carbons (Fsp3) is 0.348. The predicted octanol–water partition coefficient (Wildman–Crippen LogP) is 4.37. The van der Waals surface area contributed by atoms with Gasteiger partial charge in [0, 0.05) is 19.6 Å². The monoisotopic (exact) mass is 546 g/mol. The molecule has 2 aromatic carbocycles. The number of nitrogens with one attached hydrogen (secondary N) is 1. The number of hydroxylamine groups is 1. The SMILES string of the molecule is CS/C=C/CN1CCC(C(=O)NO)(S(=O)(=O)c2ccc(Oc3ccc(OC(F)(F)F)cc3)cc2)CC1. The lowest BCUT2D eigenvalue weighted by atomic mass is 9.95. The van der Waals surface area contributed by atoms with Gasteiger partial charge in [-0.3, -0.25) is 14.9 Å². The lowest BCUT2D eigenvalue weighted by Gasteiger charge is -2.39. The van der Waals surface area contributed by atoms with Crippen LogP contribution < -0.4 is 15.0 Å². The van der Waals surface area contributed by atoms with E-state index >= 15 is 0 Å². The van der Waals surface area contributed by atoms with Crippen molar-refractivity contribution in [1.29, 1.82) is 0 Å². The van der Waals surface area contributed by atoms with Crippen LogP contribution in [0.5, 0.6) is 17.2 Å². The largest absolute Gasteiger partial charge is 0.573 e. The van der Waals surface area contributed by atoms with E-state index in [0.29, 0.717) is 19.6 Å². The molecule has 0 saturated carbocycles. The zero-order valence-electron chi connectivity index (χ0n) is 19.2. The molecule has 8 nitrogen and oxygen atoms in total. The number of benzene rings is 2. The van der Waals surface area contributed by atoms with E-state index in [4.69, 9.17) is 4.74 Å². The molecule has 2 N–H and O–H groups in total. The molecular weight excluding hydrogens is 521 g/mol. The topological polar surface area (TPSA) is 105 Å². The van der Waals surface area contributed by atoms with Crippen molar-refractivity contribution >= 4 is 27.5 Å². The Labute approximate surface area is 210 Å². The quantitative estimate of drug-likeness (QED) is 0.353. The number of hydrogen-bond donors (Lipinski definition) is 2. The van der Waals surface area contributed by atoms with E-state index in [1.165, 1.54) is 41.9 Å². The molecule has 1 saturated heterocycles. The summed E-state index contributed by atoms with van der Waals surface area (Å²) in [6.45, 7) is 1.31. The van der Waals surface area contributed by atoms with E-state index in [1.807, 2.05) is 22.6 Å². The summed E-state index contributed by atoms with van der Waals surface area (Å²) in [6.07, 6.45) is -0.932. The van der Waals surface area contributed by atoms with E-state index in [2.05, 4.69) is 4.74 Å². The maximum Gasteiger partial charge on any atom is 0.573 e. The van der Waals surface area contributed by atoms with E-state index in [9.17, 15) is 31.6 Å². The molecule has 0 aromatic heterocycles. The van der Waals surface area contributed by atoms with Crippen LogP contribution in [0.1, 0.15) is 12.8 Å². The van der Waals surface area contributed by atoms with E-state index in [0.717, 1.165) is 12.1 Å². The van der Waals surface area contributed by atoms with Gasteiger partial charge < -0.3 is 9.47 Å². The second-order valence-electron chi connectivity index (χ2n) is 7.94. The van der Waals surface area contributed by atoms with Crippen molar-refractivity contribution in [3.8, 4) is 17.2 Å². The third kappa shape index (κ3) is 6.52. The molecule has 2 aromatic rings. The van der Waals surface area contributed by atoms with Crippen LogP contribution in [-0.4, -0.2) is 61.4 Å². The minimum absolute atomic E-state index is 0.000564. The summed E-state index contributed by atoms with van der Waals surface area (Å²) in [4.78, 5) is 14.5. The molecule has 0 aliphatic carbocycles. The minimum Gasteiger partial charge on any atom is -0.457 e. The maximum absolute atomic E-state index is 13.5. The summed E-state index contributed by atoms with van der Waals surface area (Å²) in [5.41, 5.74) is 1.52. The van der Waals surface area contributed by atoms with E-state index in [-0.39, 0.29) is 29.2 Å². The lowest BCUT2D eigenvalue weighted by molar-refractivity contribution is -0.274. The molecule has 1 amide bonds. The average molecular weight is 547 g/mol. The molecule has 13 heteroatoms. The van der Waals surface area contributed by atoms with Gasteiger partial charge in [-0.05, 0) is 73.0 Å². The van der Waals surface area contributed by atoms with Crippen molar-refractivity contribution in [2.75, 3.05) is 25.9 Å². The zero-order valence-corrected chi connectivity index (χ0v) is 20.8. The standard InChI is InChI=1S/C23H25F3N2O6S2/c1-35-16-2-13-28-14-11-22(12-15-28,21(29)27-30)36(31,32)20-9-7-18(8-10-20)33-17-3-5-19(6-4-17)34-23(24,25)26/h2-10,16,30H,11-15H2,1H3,(H,27,29)/b16-2+. The van der Waals surface area contributed by atoms with Crippen molar-refractivity contribution in [3.05, 3.63) is 60.0 Å². The number of carbonyl (C=O) groups excluding carboxylic acids is 1. The van der Waals surface area contributed by atoms with Crippen molar-refractivity contribution in [2.24, 2.45) is 0 Å². The lowest BCUT2D eigenvalue weighted by Crippen LogP contribution is -2.57. The number of likely N-dealkylation sites (tertiary alicyclic amines) is 1. The minimum atomic E-state index is -4.81. The summed E-state index contributed by atoms with van der Waals surface area (Å²) in [7, 11) is -4.20. The number of amides is 1. The van der Waals surface area contributed by atoms with Crippen molar-refractivity contribution < 1.29 is 41.1 Å². The third-order valence-electron chi connectivity index (χ3n) is 5.72. The number of thioether (sulfide) groups is 1. The molecule has 0 spiro atoms.